The third-order valence-electron chi connectivity index (χ3n) is 3.82. The van der Waals surface area contributed by atoms with Crippen LogP contribution >= 0.6 is 0 Å². The first kappa shape index (κ1) is 14.9. The molecule has 20 heavy (non-hydrogen) atoms. The Labute approximate surface area is 120 Å². The van der Waals surface area contributed by atoms with Crippen molar-refractivity contribution in [3.63, 3.8) is 0 Å². The van der Waals surface area contributed by atoms with E-state index in [9.17, 15) is 4.79 Å². The second-order valence-electron chi connectivity index (χ2n) is 5.36. The van der Waals surface area contributed by atoms with Crippen LogP contribution < -0.4 is 10.5 Å². The Balaban J connectivity index is 1.93. The Morgan fingerprint density at radius 1 is 1.35 bits per heavy atom. The van der Waals surface area contributed by atoms with Crippen molar-refractivity contribution in [1.29, 1.82) is 0 Å². The molecule has 1 aromatic rings. The molecule has 0 aromatic heterocycles. The lowest BCUT2D eigenvalue weighted by Crippen LogP contribution is -2.47. The molecule has 0 saturated heterocycles. The molecule has 1 aliphatic carbocycles. The zero-order chi connectivity index (χ0) is 14.6. The number of esters is 1. The number of ether oxygens (including phenoxy) is 2. The van der Waals surface area contributed by atoms with Crippen molar-refractivity contribution < 1.29 is 14.3 Å². The standard InChI is InChI=1S/C16H23NO3/c1-3-12-5-7-13(8-6-12)20-14-9-10-16(17,11-14)15(18)19-4-2/h5-8,14H,3-4,9-11,17H2,1-2H3. The van der Waals surface area contributed by atoms with Crippen molar-refractivity contribution >= 4 is 5.97 Å². The monoisotopic (exact) mass is 277 g/mol. The summed E-state index contributed by atoms with van der Waals surface area (Å²) in [7, 11) is 0. The molecule has 4 heteroatoms. The zero-order valence-corrected chi connectivity index (χ0v) is 12.2. The number of carbonyl (C=O) groups is 1. The van der Waals surface area contributed by atoms with E-state index in [0.717, 1.165) is 18.6 Å². The molecule has 2 unspecified atom stereocenters. The summed E-state index contributed by atoms with van der Waals surface area (Å²) in [6.45, 7) is 4.27. The van der Waals surface area contributed by atoms with E-state index < -0.39 is 5.54 Å². The van der Waals surface area contributed by atoms with Gasteiger partial charge in [0, 0.05) is 6.42 Å². The summed E-state index contributed by atoms with van der Waals surface area (Å²) in [6, 6.07) is 8.07. The minimum atomic E-state index is -0.885. The van der Waals surface area contributed by atoms with Gasteiger partial charge >= 0.3 is 5.97 Å². The SMILES string of the molecule is CCOC(=O)C1(N)CCC(Oc2ccc(CC)cc2)C1. The average molecular weight is 277 g/mol. The maximum absolute atomic E-state index is 11.8. The third kappa shape index (κ3) is 3.31. The number of hydrogen-bond acceptors (Lipinski definition) is 4. The van der Waals surface area contributed by atoms with Crippen LogP contribution in [-0.2, 0) is 16.0 Å². The first-order valence-corrected chi connectivity index (χ1v) is 7.29. The van der Waals surface area contributed by atoms with Gasteiger partial charge in [-0.2, -0.15) is 0 Å². The van der Waals surface area contributed by atoms with Crippen LogP contribution in [0.5, 0.6) is 5.75 Å². The summed E-state index contributed by atoms with van der Waals surface area (Å²) in [4.78, 5) is 11.8. The Morgan fingerprint density at radius 2 is 2.05 bits per heavy atom. The van der Waals surface area contributed by atoms with Gasteiger partial charge in [0.2, 0.25) is 0 Å². The van der Waals surface area contributed by atoms with E-state index in [1.54, 1.807) is 6.92 Å². The van der Waals surface area contributed by atoms with Crippen molar-refractivity contribution in [3.05, 3.63) is 29.8 Å². The fourth-order valence-corrected chi connectivity index (χ4v) is 2.59. The van der Waals surface area contributed by atoms with E-state index in [2.05, 4.69) is 19.1 Å². The van der Waals surface area contributed by atoms with E-state index in [4.69, 9.17) is 15.2 Å². The van der Waals surface area contributed by atoms with Crippen LogP contribution in [0.4, 0.5) is 0 Å². The highest BCUT2D eigenvalue weighted by atomic mass is 16.5. The summed E-state index contributed by atoms with van der Waals surface area (Å²) in [5.41, 5.74) is 6.52. The Bertz CT molecular complexity index is 457. The topological polar surface area (TPSA) is 61.5 Å². The second kappa shape index (κ2) is 6.27. The largest absolute Gasteiger partial charge is 0.490 e. The van der Waals surface area contributed by atoms with Gasteiger partial charge in [-0.15, -0.1) is 0 Å². The van der Waals surface area contributed by atoms with E-state index in [-0.39, 0.29) is 12.1 Å². The molecular weight excluding hydrogens is 254 g/mol. The number of aryl methyl sites for hydroxylation is 1. The molecule has 1 aromatic carbocycles. The lowest BCUT2D eigenvalue weighted by molar-refractivity contribution is -0.149. The first-order chi connectivity index (χ1) is 9.57. The van der Waals surface area contributed by atoms with Crippen molar-refractivity contribution in [2.75, 3.05) is 6.61 Å². The van der Waals surface area contributed by atoms with Crippen LogP contribution in [-0.4, -0.2) is 24.2 Å². The molecule has 2 N–H and O–H groups in total. The number of hydrogen-bond donors (Lipinski definition) is 1. The second-order valence-corrected chi connectivity index (χ2v) is 5.36. The lowest BCUT2D eigenvalue weighted by Gasteiger charge is -2.21. The molecule has 2 rings (SSSR count). The summed E-state index contributed by atoms with van der Waals surface area (Å²) in [5.74, 6) is 0.521. The highest BCUT2D eigenvalue weighted by Gasteiger charge is 2.44. The molecule has 0 heterocycles. The summed E-state index contributed by atoms with van der Waals surface area (Å²) < 4.78 is 10.9. The molecular formula is C16H23NO3. The number of nitrogens with two attached hydrogens (primary N) is 1. The Morgan fingerprint density at radius 3 is 2.65 bits per heavy atom. The molecule has 0 bridgehead atoms. The van der Waals surface area contributed by atoms with Crippen LogP contribution in [0.25, 0.3) is 0 Å². The van der Waals surface area contributed by atoms with E-state index >= 15 is 0 Å². The van der Waals surface area contributed by atoms with Crippen molar-refractivity contribution in [2.24, 2.45) is 5.73 Å². The molecule has 0 amide bonds. The van der Waals surface area contributed by atoms with Gasteiger partial charge < -0.3 is 15.2 Å². The van der Waals surface area contributed by atoms with E-state index in [1.807, 2.05) is 12.1 Å². The lowest BCUT2D eigenvalue weighted by atomic mass is 9.99. The van der Waals surface area contributed by atoms with Gasteiger partial charge in [0.1, 0.15) is 17.4 Å². The van der Waals surface area contributed by atoms with Crippen molar-refractivity contribution in [1.82, 2.24) is 0 Å². The molecule has 0 aliphatic heterocycles. The number of benzene rings is 1. The average Bonchev–Trinajstić information content (AvgIpc) is 2.83. The molecule has 1 aliphatic rings. The van der Waals surface area contributed by atoms with Gasteiger partial charge in [0.15, 0.2) is 0 Å². The molecule has 1 saturated carbocycles. The van der Waals surface area contributed by atoms with Crippen LogP contribution in [0, 0.1) is 0 Å². The van der Waals surface area contributed by atoms with Crippen molar-refractivity contribution in [3.8, 4) is 5.75 Å². The molecule has 4 nitrogen and oxygen atoms in total. The predicted molar refractivity (Wildman–Crippen MR) is 77.6 cm³/mol. The van der Waals surface area contributed by atoms with Gasteiger partial charge in [-0.1, -0.05) is 19.1 Å². The van der Waals surface area contributed by atoms with Crippen LogP contribution in [0.3, 0.4) is 0 Å². The maximum atomic E-state index is 11.8. The van der Waals surface area contributed by atoms with E-state index in [1.165, 1.54) is 5.56 Å². The van der Waals surface area contributed by atoms with Crippen molar-refractivity contribution in [2.45, 2.75) is 51.2 Å². The fourth-order valence-electron chi connectivity index (χ4n) is 2.59. The minimum Gasteiger partial charge on any atom is -0.490 e. The van der Waals surface area contributed by atoms with Gasteiger partial charge in [-0.3, -0.25) is 4.79 Å². The minimum absolute atomic E-state index is 0.0168. The number of carbonyl (C=O) groups excluding carboxylic acids is 1. The van der Waals surface area contributed by atoms with Gasteiger partial charge in [-0.25, -0.2) is 0 Å². The third-order valence-corrected chi connectivity index (χ3v) is 3.82. The predicted octanol–water partition coefficient (Wildman–Crippen LogP) is 2.44. The highest BCUT2D eigenvalue weighted by molar-refractivity contribution is 5.81. The van der Waals surface area contributed by atoms with Gasteiger partial charge in [-0.05, 0) is 43.9 Å². The van der Waals surface area contributed by atoms with Gasteiger partial charge in [0.25, 0.3) is 0 Å². The molecule has 0 spiro atoms. The Kier molecular flexibility index (Phi) is 4.65. The summed E-state index contributed by atoms with van der Waals surface area (Å²) in [6.07, 6.45) is 2.91. The summed E-state index contributed by atoms with van der Waals surface area (Å²) in [5, 5.41) is 0. The summed E-state index contributed by atoms with van der Waals surface area (Å²) >= 11 is 0. The quantitative estimate of drug-likeness (QED) is 0.840. The zero-order valence-electron chi connectivity index (χ0n) is 12.2. The van der Waals surface area contributed by atoms with Crippen LogP contribution in [0.15, 0.2) is 24.3 Å². The smallest absolute Gasteiger partial charge is 0.326 e. The molecule has 0 radical (unpaired) electrons. The number of rotatable bonds is 5. The molecule has 2 atom stereocenters. The normalized spacial score (nSPS) is 25.4. The highest BCUT2D eigenvalue weighted by Crippen LogP contribution is 2.32. The first-order valence-electron chi connectivity index (χ1n) is 7.29. The van der Waals surface area contributed by atoms with Crippen LogP contribution in [0.2, 0.25) is 0 Å². The Hall–Kier alpha value is -1.55. The maximum Gasteiger partial charge on any atom is 0.326 e. The van der Waals surface area contributed by atoms with Crippen LogP contribution in [0.1, 0.15) is 38.7 Å². The van der Waals surface area contributed by atoms with Gasteiger partial charge in [0.05, 0.1) is 6.61 Å². The molecule has 110 valence electrons. The molecule has 1 fully saturated rings. The van der Waals surface area contributed by atoms with E-state index in [0.29, 0.717) is 19.4 Å². The fraction of sp³-hybridized carbons (Fsp3) is 0.562.